The second kappa shape index (κ2) is 7.44. The predicted molar refractivity (Wildman–Crippen MR) is 102 cm³/mol. The molecular weight excluding hydrogens is 379 g/mol. The number of benzene rings is 2. The van der Waals surface area contributed by atoms with Gasteiger partial charge in [-0.3, -0.25) is 9.78 Å². The highest BCUT2D eigenvalue weighted by Gasteiger charge is 2.26. The van der Waals surface area contributed by atoms with Crippen molar-refractivity contribution >= 4 is 40.7 Å². The molecule has 0 aliphatic heterocycles. The summed E-state index contributed by atoms with van der Waals surface area (Å²) in [5.41, 5.74) is 8.14. The summed E-state index contributed by atoms with van der Waals surface area (Å²) in [6, 6.07) is 17.7. The van der Waals surface area contributed by atoms with Crippen molar-refractivity contribution in [3.8, 4) is 11.3 Å². The van der Waals surface area contributed by atoms with Crippen LogP contribution in [0.5, 0.6) is 0 Å². The fraction of sp³-hybridized carbons (Fsp3) is 0.0526. The number of rotatable bonds is 4. The van der Waals surface area contributed by atoms with Crippen LogP contribution in [0, 0.1) is 0 Å². The number of nitrogens with zero attached hydrogens (tertiary/aromatic N) is 1. The van der Waals surface area contributed by atoms with Crippen molar-refractivity contribution in [3.63, 3.8) is 0 Å². The van der Waals surface area contributed by atoms with E-state index in [0.29, 0.717) is 32.0 Å². The molecule has 0 aliphatic rings. The molecule has 1 aromatic heterocycles. The lowest BCUT2D eigenvalue weighted by Crippen LogP contribution is -2.24. The summed E-state index contributed by atoms with van der Waals surface area (Å²) in [4.78, 5) is 16.7. The van der Waals surface area contributed by atoms with Gasteiger partial charge in [-0.1, -0.05) is 59.1 Å². The number of carbonyl (C=O) groups is 1. The minimum absolute atomic E-state index is 0.370. The smallest absolute Gasteiger partial charge is 0.231 e. The second-order valence-electron chi connectivity index (χ2n) is 5.43. The molecule has 0 fully saturated rings. The maximum Gasteiger partial charge on any atom is 0.231 e. The molecule has 0 bridgehead atoms. The van der Waals surface area contributed by atoms with E-state index in [9.17, 15) is 4.79 Å². The van der Waals surface area contributed by atoms with Gasteiger partial charge in [-0.05, 0) is 36.4 Å². The number of hydrogen-bond donors (Lipinski definition) is 1. The second-order valence-corrected chi connectivity index (χ2v) is 6.68. The van der Waals surface area contributed by atoms with Crippen LogP contribution >= 0.6 is 34.8 Å². The Kier molecular flexibility index (Phi) is 5.28. The Labute approximate surface area is 160 Å². The molecule has 3 aromatic rings. The lowest BCUT2D eigenvalue weighted by atomic mass is 9.94. The number of halogens is 3. The van der Waals surface area contributed by atoms with E-state index in [1.165, 1.54) is 0 Å². The molecule has 1 atom stereocenters. The van der Waals surface area contributed by atoms with Crippen molar-refractivity contribution in [1.29, 1.82) is 0 Å². The first-order valence-electron chi connectivity index (χ1n) is 7.43. The average molecular weight is 392 g/mol. The van der Waals surface area contributed by atoms with Gasteiger partial charge in [0.15, 0.2) is 0 Å². The van der Waals surface area contributed by atoms with Gasteiger partial charge < -0.3 is 5.73 Å². The van der Waals surface area contributed by atoms with Crippen LogP contribution in [-0.2, 0) is 4.79 Å². The van der Waals surface area contributed by atoms with Gasteiger partial charge in [-0.2, -0.15) is 0 Å². The molecule has 0 saturated carbocycles. The van der Waals surface area contributed by atoms with E-state index in [1.807, 2.05) is 24.3 Å². The molecule has 3 rings (SSSR count). The van der Waals surface area contributed by atoms with Crippen LogP contribution in [0.15, 0.2) is 60.7 Å². The van der Waals surface area contributed by atoms with Crippen LogP contribution in [0.1, 0.15) is 17.2 Å². The topological polar surface area (TPSA) is 56.0 Å². The molecule has 0 radical (unpaired) electrons. The molecule has 1 unspecified atom stereocenters. The number of aromatic nitrogens is 1. The Balaban J connectivity index is 2.11. The van der Waals surface area contributed by atoms with E-state index in [-0.39, 0.29) is 0 Å². The number of pyridine rings is 1. The third-order valence-corrected chi connectivity index (χ3v) is 4.69. The molecule has 1 amide bonds. The van der Waals surface area contributed by atoms with Crippen LogP contribution in [0.4, 0.5) is 0 Å². The number of hydrogen-bond acceptors (Lipinski definition) is 2. The zero-order valence-corrected chi connectivity index (χ0v) is 15.2. The first-order chi connectivity index (χ1) is 12.0. The van der Waals surface area contributed by atoms with Gasteiger partial charge in [0.1, 0.15) is 5.92 Å². The molecule has 0 aliphatic carbocycles. The van der Waals surface area contributed by atoms with Gasteiger partial charge in [0.05, 0.1) is 11.4 Å². The maximum atomic E-state index is 12.1. The largest absolute Gasteiger partial charge is 0.369 e. The van der Waals surface area contributed by atoms with E-state index in [2.05, 4.69) is 4.98 Å². The summed E-state index contributed by atoms with van der Waals surface area (Å²) < 4.78 is 0. The fourth-order valence-corrected chi connectivity index (χ4v) is 3.36. The van der Waals surface area contributed by atoms with Crippen molar-refractivity contribution < 1.29 is 4.79 Å². The van der Waals surface area contributed by atoms with E-state index in [4.69, 9.17) is 40.5 Å². The number of primary amides is 1. The monoisotopic (exact) mass is 390 g/mol. The average Bonchev–Trinajstić information content (AvgIpc) is 2.58. The van der Waals surface area contributed by atoms with E-state index in [1.54, 1.807) is 36.4 Å². The fourth-order valence-electron chi connectivity index (χ4n) is 2.62. The van der Waals surface area contributed by atoms with Crippen LogP contribution in [0.25, 0.3) is 11.3 Å². The summed E-state index contributed by atoms with van der Waals surface area (Å²) in [6.07, 6.45) is 0. The van der Waals surface area contributed by atoms with Crippen LogP contribution in [-0.4, -0.2) is 10.9 Å². The quantitative estimate of drug-likeness (QED) is 0.654. The molecule has 1 heterocycles. The highest BCUT2D eigenvalue weighted by atomic mass is 35.5. The van der Waals surface area contributed by atoms with Crippen LogP contribution < -0.4 is 5.73 Å². The molecule has 2 N–H and O–H groups in total. The molecule has 2 aromatic carbocycles. The third-order valence-electron chi connectivity index (χ3n) is 3.78. The number of carbonyl (C=O) groups excluding carboxylic acids is 1. The SMILES string of the molecule is NC(=O)C(c1cccc(-c2ccc(Cl)cc2)n1)c1c(Cl)cccc1Cl. The molecule has 6 heteroatoms. The summed E-state index contributed by atoms with van der Waals surface area (Å²) >= 11 is 18.4. The first-order valence-corrected chi connectivity index (χ1v) is 8.57. The summed E-state index contributed by atoms with van der Waals surface area (Å²) in [5, 5.41) is 1.38. The molecule has 0 saturated heterocycles. The summed E-state index contributed by atoms with van der Waals surface area (Å²) in [5.74, 6) is -1.41. The Morgan fingerprint density at radius 3 is 2.08 bits per heavy atom. The van der Waals surface area contributed by atoms with Crippen LogP contribution in [0.2, 0.25) is 15.1 Å². The molecule has 0 spiro atoms. The number of nitrogens with two attached hydrogens (primary N) is 1. The Hall–Kier alpha value is -2.07. The van der Waals surface area contributed by atoms with Gasteiger partial charge in [-0.15, -0.1) is 0 Å². The van der Waals surface area contributed by atoms with E-state index < -0.39 is 11.8 Å². The standard InChI is InChI=1S/C19H13Cl3N2O/c20-12-9-7-11(8-10-12)15-5-2-6-16(24-15)18(19(23)25)17-13(21)3-1-4-14(17)22/h1-10,18H,(H2,23,25). The molecular formula is C19H13Cl3N2O. The Morgan fingerprint density at radius 2 is 1.48 bits per heavy atom. The van der Waals surface area contributed by atoms with Crippen molar-refractivity contribution in [2.24, 2.45) is 5.73 Å². The van der Waals surface area contributed by atoms with Gasteiger partial charge in [0.25, 0.3) is 0 Å². The lowest BCUT2D eigenvalue weighted by Gasteiger charge is -2.17. The van der Waals surface area contributed by atoms with Gasteiger partial charge in [0.2, 0.25) is 5.91 Å². The number of amides is 1. The zero-order valence-electron chi connectivity index (χ0n) is 12.9. The summed E-state index contributed by atoms with van der Waals surface area (Å²) in [7, 11) is 0. The van der Waals surface area contributed by atoms with Gasteiger partial charge in [-0.25, -0.2) is 0 Å². The van der Waals surface area contributed by atoms with Crippen molar-refractivity contribution in [2.75, 3.05) is 0 Å². The van der Waals surface area contributed by atoms with Crippen molar-refractivity contribution in [2.45, 2.75) is 5.92 Å². The molecule has 25 heavy (non-hydrogen) atoms. The third kappa shape index (κ3) is 3.79. The first kappa shape index (κ1) is 17.7. The Morgan fingerprint density at radius 1 is 0.880 bits per heavy atom. The Bertz CT molecular complexity index is 906. The van der Waals surface area contributed by atoms with E-state index in [0.717, 1.165) is 5.56 Å². The van der Waals surface area contributed by atoms with Gasteiger partial charge in [0, 0.05) is 26.2 Å². The van der Waals surface area contributed by atoms with Gasteiger partial charge >= 0.3 is 0 Å². The van der Waals surface area contributed by atoms with Crippen molar-refractivity contribution in [1.82, 2.24) is 4.98 Å². The predicted octanol–water partition coefficient (Wildman–Crippen LogP) is 5.33. The molecule has 126 valence electrons. The van der Waals surface area contributed by atoms with Crippen LogP contribution in [0.3, 0.4) is 0 Å². The molecule has 3 nitrogen and oxygen atoms in total. The highest BCUT2D eigenvalue weighted by molar-refractivity contribution is 6.36. The maximum absolute atomic E-state index is 12.1. The minimum Gasteiger partial charge on any atom is -0.369 e. The highest BCUT2D eigenvalue weighted by Crippen LogP contribution is 2.35. The zero-order chi connectivity index (χ0) is 18.0. The normalized spacial score (nSPS) is 12.0. The van der Waals surface area contributed by atoms with E-state index >= 15 is 0 Å². The van der Waals surface area contributed by atoms with Crippen molar-refractivity contribution in [3.05, 3.63) is 87.0 Å². The minimum atomic E-state index is -0.839. The summed E-state index contributed by atoms with van der Waals surface area (Å²) in [6.45, 7) is 0. The lowest BCUT2D eigenvalue weighted by molar-refractivity contribution is -0.118.